The summed E-state index contributed by atoms with van der Waals surface area (Å²) in [6.07, 6.45) is -5.46. The largest absolute Gasteiger partial charge is 0.462 e. The average Bonchev–Trinajstić information content (AvgIpc) is 2.59. The fourth-order valence-corrected chi connectivity index (χ4v) is 2.50. The van der Waals surface area contributed by atoms with Gasteiger partial charge in [0.1, 0.15) is 13.2 Å². The molecule has 0 bridgehead atoms. The van der Waals surface area contributed by atoms with Crippen LogP contribution in [-0.2, 0) is 47.6 Å². The second-order valence-electron chi connectivity index (χ2n) is 6.24. The van der Waals surface area contributed by atoms with Crippen LogP contribution in [0.25, 0.3) is 0 Å². The quantitative estimate of drug-likeness (QED) is 0.219. The highest BCUT2D eigenvalue weighted by molar-refractivity contribution is 6.68. The van der Waals surface area contributed by atoms with E-state index in [2.05, 4.69) is 0 Å². The molecule has 4 atom stereocenters. The second-order valence-corrected chi connectivity index (χ2v) is 8.60. The van der Waals surface area contributed by atoms with Gasteiger partial charge in [-0.15, -0.1) is 0 Å². The monoisotopic (exact) mass is 505 g/mol. The van der Waals surface area contributed by atoms with Crippen molar-refractivity contribution in [1.82, 2.24) is 0 Å². The molecule has 1 aliphatic heterocycles. The first kappa shape index (κ1) is 27.1. The van der Waals surface area contributed by atoms with E-state index in [0.717, 1.165) is 27.7 Å². The second kappa shape index (κ2) is 11.6. The van der Waals surface area contributed by atoms with E-state index in [1.807, 2.05) is 0 Å². The third-order valence-corrected chi connectivity index (χ3v) is 4.21. The van der Waals surface area contributed by atoms with Crippen molar-refractivity contribution < 1.29 is 47.6 Å². The summed E-state index contributed by atoms with van der Waals surface area (Å²) in [5.41, 5.74) is 5.63. The van der Waals surface area contributed by atoms with E-state index in [1.165, 1.54) is 0 Å². The average molecular weight is 507 g/mol. The van der Waals surface area contributed by atoms with Gasteiger partial charge in [-0.25, -0.2) is 0 Å². The SMILES string of the molecule is CC(=O)OCC1=C(OC(N)C(Cl)(Cl)Cl)OC(COC(C)=O)[C@@H](OC(C)=O)C1OC(C)=O. The fraction of sp³-hybridized carbons (Fsp3) is 0.647. The standard InChI is InChI=1S/C17H22Cl3NO10/c1-7(22)26-5-11-13(28-9(3)24)14(29-10(4)25)12(6-27-8(2)23)30-15(11)31-16(21)17(18,19)20/h12-14,16H,5-6,21H2,1-4H3/t12?,13?,14-,16?/m1/s1. The highest BCUT2D eigenvalue weighted by Crippen LogP contribution is 2.35. The van der Waals surface area contributed by atoms with E-state index < -0.39 is 71.4 Å². The molecule has 31 heavy (non-hydrogen) atoms. The van der Waals surface area contributed by atoms with Crippen LogP contribution in [0.2, 0.25) is 0 Å². The maximum absolute atomic E-state index is 11.7. The van der Waals surface area contributed by atoms with Crippen molar-refractivity contribution in [3.05, 3.63) is 11.5 Å². The van der Waals surface area contributed by atoms with Crippen molar-refractivity contribution in [1.29, 1.82) is 0 Å². The lowest BCUT2D eigenvalue weighted by Crippen LogP contribution is -2.52. The maximum Gasteiger partial charge on any atom is 0.303 e. The van der Waals surface area contributed by atoms with Gasteiger partial charge in [-0.1, -0.05) is 34.8 Å². The molecule has 176 valence electrons. The zero-order chi connectivity index (χ0) is 23.9. The fourth-order valence-electron chi connectivity index (χ4n) is 2.37. The summed E-state index contributed by atoms with van der Waals surface area (Å²) >= 11 is 17.2. The van der Waals surface area contributed by atoms with E-state index in [9.17, 15) is 19.2 Å². The van der Waals surface area contributed by atoms with Crippen molar-refractivity contribution in [3.63, 3.8) is 0 Å². The summed E-state index contributed by atoms with van der Waals surface area (Å²) in [6.45, 7) is 3.54. The number of halogens is 3. The van der Waals surface area contributed by atoms with Crippen LogP contribution in [0.1, 0.15) is 27.7 Å². The Morgan fingerprint density at radius 1 is 0.968 bits per heavy atom. The van der Waals surface area contributed by atoms with E-state index in [0.29, 0.717) is 0 Å². The molecule has 0 aromatic carbocycles. The molecule has 0 amide bonds. The molecule has 1 aliphatic rings. The number of ether oxygens (including phenoxy) is 6. The van der Waals surface area contributed by atoms with Crippen LogP contribution in [0.3, 0.4) is 0 Å². The molecule has 0 fully saturated rings. The van der Waals surface area contributed by atoms with Crippen LogP contribution in [-0.4, -0.2) is 65.4 Å². The molecule has 2 N–H and O–H groups in total. The number of esters is 4. The number of carbonyl (C=O) groups excluding carboxylic acids is 4. The first-order valence-corrected chi connectivity index (χ1v) is 9.85. The van der Waals surface area contributed by atoms with Gasteiger partial charge in [0.25, 0.3) is 5.95 Å². The summed E-state index contributed by atoms with van der Waals surface area (Å²) in [6, 6.07) is 0. The number of hydrogen-bond acceptors (Lipinski definition) is 11. The molecule has 0 aromatic rings. The number of hydrogen-bond donors (Lipinski definition) is 1. The van der Waals surface area contributed by atoms with Gasteiger partial charge in [-0.3, -0.25) is 24.9 Å². The zero-order valence-corrected chi connectivity index (χ0v) is 19.3. The van der Waals surface area contributed by atoms with Crippen molar-refractivity contribution in [2.75, 3.05) is 13.2 Å². The summed E-state index contributed by atoms with van der Waals surface area (Å²) in [4.78, 5) is 46.0. The van der Waals surface area contributed by atoms with E-state index in [-0.39, 0.29) is 5.57 Å². The highest BCUT2D eigenvalue weighted by Gasteiger charge is 2.47. The Bertz CT molecular complexity index is 736. The van der Waals surface area contributed by atoms with Gasteiger partial charge in [0.2, 0.25) is 3.79 Å². The van der Waals surface area contributed by atoms with Crippen LogP contribution in [0, 0.1) is 0 Å². The minimum absolute atomic E-state index is 0.0829. The Labute approximate surface area is 192 Å². The van der Waals surface area contributed by atoms with Crippen molar-refractivity contribution >= 4 is 58.7 Å². The lowest BCUT2D eigenvalue weighted by molar-refractivity contribution is -0.194. The molecule has 0 aromatic heterocycles. The van der Waals surface area contributed by atoms with Crippen LogP contribution in [0.4, 0.5) is 0 Å². The molecule has 11 nitrogen and oxygen atoms in total. The summed E-state index contributed by atoms with van der Waals surface area (Å²) in [7, 11) is 0. The third kappa shape index (κ3) is 8.98. The molecular weight excluding hydrogens is 485 g/mol. The topological polar surface area (TPSA) is 150 Å². The molecule has 0 spiro atoms. The van der Waals surface area contributed by atoms with Gasteiger partial charge in [0.15, 0.2) is 24.5 Å². The number of carbonyl (C=O) groups is 4. The highest BCUT2D eigenvalue weighted by atomic mass is 35.6. The van der Waals surface area contributed by atoms with Crippen molar-refractivity contribution in [3.8, 4) is 0 Å². The van der Waals surface area contributed by atoms with Gasteiger partial charge < -0.3 is 28.4 Å². The van der Waals surface area contributed by atoms with Crippen LogP contribution in [0.5, 0.6) is 0 Å². The molecular formula is C17H22Cl3NO10. The predicted molar refractivity (Wildman–Crippen MR) is 106 cm³/mol. The third-order valence-electron chi connectivity index (χ3n) is 3.56. The Hall–Kier alpha value is -1.95. The number of rotatable bonds is 8. The first-order valence-electron chi connectivity index (χ1n) is 8.72. The van der Waals surface area contributed by atoms with Crippen LogP contribution < -0.4 is 5.73 Å². The number of nitrogens with two attached hydrogens (primary N) is 1. The molecule has 1 heterocycles. The van der Waals surface area contributed by atoms with E-state index in [1.54, 1.807) is 0 Å². The maximum atomic E-state index is 11.7. The van der Waals surface area contributed by atoms with Gasteiger partial charge in [0.05, 0.1) is 5.57 Å². The van der Waals surface area contributed by atoms with Crippen LogP contribution in [0.15, 0.2) is 11.5 Å². The van der Waals surface area contributed by atoms with Gasteiger partial charge in [-0.05, 0) is 0 Å². The Morgan fingerprint density at radius 3 is 1.97 bits per heavy atom. The van der Waals surface area contributed by atoms with Crippen LogP contribution >= 0.6 is 34.8 Å². The summed E-state index contributed by atoms with van der Waals surface area (Å²) in [5, 5.41) is 0. The molecule has 0 saturated heterocycles. The normalized spacial score (nSPS) is 22.0. The molecule has 3 unspecified atom stereocenters. The van der Waals surface area contributed by atoms with Crippen molar-refractivity contribution in [2.24, 2.45) is 5.73 Å². The van der Waals surface area contributed by atoms with E-state index >= 15 is 0 Å². The molecule has 1 rings (SSSR count). The lowest BCUT2D eigenvalue weighted by Gasteiger charge is -2.39. The summed E-state index contributed by atoms with van der Waals surface area (Å²) < 4.78 is 29.3. The first-order chi connectivity index (χ1) is 14.2. The Kier molecular flexibility index (Phi) is 10.1. The molecule has 0 radical (unpaired) electrons. The number of alkyl halides is 3. The van der Waals surface area contributed by atoms with Crippen molar-refractivity contribution in [2.45, 2.75) is 56.0 Å². The van der Waals surface area contributed by atoms with E-state index in [4.69, 9.17) is 69.0 Å². The lowest BCUT2D eigenvalue weighted by atomic mass is 9.98. The molecule has 0 aliphatic carbocycles. The smallest absolute Gasteiger partial charge is 0.303 e. The summed E-state index contributed by atoms with van der Waals surface area (Å²) in [5.74, 6) is -3.31. The van der Waals surface area contributed by atoms with Gasteiger partial charge in [-0.2, -0.15) is 0 Å². The minimum Gasteiger partial charge on any atom is -0.462 e. The predicted octanol–water partition coefficient (Wildman–Crippen LogP) is 1.26. The Morgan fingerprint density at radius 2 is 1.52 bits per heavy atom. The van der Waals surface area contributed by atoms with Gasteiger partial charge in [0, 0.05) is 27.7 Å². The van der Waals surface area contributed by atoms with Gasteiger partial charge >= 0.3 is 23.9 Å². The Balaban J connectivity index is 3.50. The minimum atomic E-state index is -2.10. The zero-order valence-electron chi connectivity index (χ0n) is 17.0. The molecule has 14 heteroatoms. The molecule has 0 saturated carbocycles.